The zero-order valence-corrected chi connectivity index (χ0v) is 13.1. The highest BCUT2D eigenvalue weighted by Crippen LogP contribution is 2.23. The highest BCUT2D eigenvalue weighted by Gasteiger charge is 2.16. The van der Waals surface area contributed by atoms with Crippen molar-refractivity contribution >= 4 is 11.6 Å². The highest BCUT2D eigenvalue weighted by molar-refractivity contribution is 5.81. The van der Waals surface area contributed by atoms with Gasteiger partial charge in [0.2, 0.25) is 5.91 Å². The minimum Gasteiger partial charge on any atom is -0.487 e. The Morgan fingerprint density at radius 1 is 1.45 bits per heavy atom. The molecule has 1 amide bonds. The van der Waals surface area contributed by atoms with E-state index in [1.165, 1.54) is 0 Å². The molecule has 22 heavy (non-hydrogen) atoms. The summed E-state index contributed by atoms with van der Waals surface area (Å²) in [5, 5.41) is 5.99. The van der Waals surface area contributed by atoms with Crippen molar-refractivity contribution < 1.29 is 14.3 Å². The number of anilines is 1. The first-order valence-corrected chi connectivity index (χ1v) is 7.63. The van der Waals surface area contributed by atoms with E-state index < -0.39 is 0 Å². The largest absolute Gasteiger partial charge is 0.487 e. The van der Waals surface area contributed by atoms with E-state index in [-0.39, 0.29) is 18.6 Å². The van der Waals surface area contributed by atoms with Crippen molar-refractivity contribution in [2.45, 2.75) is 25.9 Å². The first kappa shape index (κ1) is 16.4. The van der Waals surface area contributed by atoms with E-state index in [0.717, 1.165) is 36.5 Å². The van der Waals surface area contributed by atoms with Crippen LogP contribution in [0, 0.1) is 0 Å². The Morgan fingerprint density at radius 2 is 2.27 bits per heavy atom. The minimum atomic E-state index is -0.0507. The summed E-state index contributed by atoms with van der Waals surface area (Å²) in [6.45, 7) is 7.77. The second-order valence-electron chi connectivity index (χ2n) is 5.53. The van der Waals surface area contributed by atoms with Crippen molar-refractivity contribution in [3.63, 3.8) is 0 Å². The van der Waals surface area contributed by atoms with Crippen molar-refractivity contribution in [1.29, 1.82) is 0 Å². The lowest BCUT2D eigenvalue weighted by atomic mass is 10.2. The number of hydrogen-bond donors (Lipinski definition) is 2. The third-order valence-electron chi connectivity index (χ3n) is 3.35. The van der Waals surface area contributed by atoms with Crippen LogP contribution in [-0.4, -0.2) is 38.3 Å². The average molecular weight is 304 g/mol. The van der Waals surface area contributed by atoms with E-state index in [2.05, 4.69) is 17.2 Å². The molecule has 0 saturated carbocycles. The molecule has 2 N–H and O–H groups in total. The van der Waals surface area contributed by atoms with Crippen LogP contribution in [0.2, 0.25) is 0 Å². The first-order chi connectivity index (χ1) is 10.6. The maximum absolute atomic E-state index is 11.9. The number of carbonyl (C=O) groups excluding carboxylic acids is 1. The van der Waals surface area contributed by atoms with E-state index in [0.29, 0.717) is 13.2 Å². The number of amides is 1. The number of para-hydroxylation sites is 2. The van der Waals surface area contributed by atoms with Crippen LogP contribution in [0.3, 0.4) is 0 Å². The van der Waals surface area contributed by atoms with E-state index >= 15 is 0 Å². The molecule has 1 atom stereocenters. The van der Waals surface area contributed by atoms with E-state index in [9.17, 15) is 4.79 Å². The molecule has 0 aromatic heterocycles. The predicted molar refractivity (Wildman–Crippen MR) is 87.2 cm³/mol. The molecule has 1 aliphatic heterocycles. The smallest absolute Gasteiger partial charge is 0.239 e. The Bertz CT molecular complexity index is 510. The highest BCUT2D eigenvalue weighted by atomic mass is 16.5. The number of ether oxygens (including phenoxy) is 2. The van der Waals surface area contributed by atoms with Crippen LogP contribution >= 0.6 is 0 Å². The van der Waals surface area contributed by atoms with Gasteiger partial charge in [-0.05, 0) is 37.5 Å². The van der Waals surface area contributed by atoms with Gasteiger partial charge in [-0.3, -0.25) is 4.79 Å². The van der Waals surface area contributed by atoms with Crippen molar-refractivity contribution in [2.24, 2.45) is 0 Å². The Labute approximate surface area is 131 Å². The summed E-state index contributed by atoms with van der Waals surface area (Å²) in [7, 11) is 0. The summed E-state index contributed by atoms with van der Waals surface area (Å²) < 4.78 is 11.1. The Kier molecular flexibility index (Phi) is 6.27. The number of carbonyl (C=O) groups is 1. The summed E-state index contributed by atoms with van der Waals surface area (Å²) in [5.41, 5.74) is 1.75. The molecule has 1 fully saturated rings. The topological polar surface area (TPSA) is 59.6 Å². The van der Waals surface area contributed by atoms with Gasteiger partial charge < -0.3 is 20.1 Å². The number of benzene rings is 1. The summed E-state index contributed by atoms with van der Waals surface area (Å²) in [5.74, 6) is 0.669. The van der Waals surface area contributed by atoms with Gasteiger partial charge in [0.25, 0.3) is 0 Å². The third kappa shape index (κ3) is 5.41. The van der Waals surface area contributed by atoms with Gasteiger partial charge in [0.1, 0.15) is 12.4 Å². The SMILES string of the molecule is C=C(C)COc1ccccc1NCC(=O)NCC1CCCO1. The lowest BCUT2D eigenvalue weighted by Gasteiger charge is -2.14. The fourth-order valence-corrected chi connectivity index (χ4v) is 2.21. The summed E-state index contributed by atoms with van der Waals surface area (Å²) in [4.78, 5) is 11.9. The van der Waals surface area contributed by atoms with E-state index in [1.54, 1.807) is 0 Å². The summed E-state index contributed by atoms with van der Waals surface area (Å²) >= 11 is 0. The first-order valence-electron chi connectivity index (χ1n) is 7.63. The van der Waals surface area contributed by atoms with Crippen LogP contribution < -0.4 is 15.4 Å². The van der Waals surface area contributed by atoms with E-state index in [1.807, 2.05) is 31.2 Å². The Morgan fingerprint density at radius 3 is 3.00 bits per heavy atom. The molecule has 120 valence electrons. The van der Waals surface area contributed by atoms with Crippen LogP contribution in [0.25, 0.3) is 0 Å². The summed E-state index contributed by atoms with van der Waals surface area (Å²) in [6, 6.07) is 7.56. The maximum Gasteiger partial charge on any atom is 0.239 e. The zero-order chi connectivity index (χ0) is 15.8. The normalized spacial score (nSPS) is 17.0. The maximum atomic E-state index is 11.9. The van der Waals surface area contributed by atoms with Gasteiger partial charge in [0.05, 0.1) is 18.3 Å². The lowest BCUT2D eigenvalue weighted by molar-refractivity contribution is -0.119. The van der Waals surface area contributed by atoms with Gasteiger partial charge in [-0.1, -0.05) is 18.7 Å². The monoisotopic (exact) mass is 304 g/mol. The van der Waals surface area contributed by atoms with Crippen LogP contribution in [0.5, 0.6) is 5.75 Å². The van der Waals surface area contributed by atoms with Gasteiger partial charge in [-0.25, -0.2) is 0 Å². The number of nitrogens with one attached hydrogen (secondary N) is 2. The van der Waals surface area contributed by atoms with Crippen molar-refractivity contribution in [3.05, 3.63) is 36.4 Å². The zero-order valence-electron chi connectivity index (χ0n) is 13.1. The fourth-order valence-electron chi connectivity index (χ4n) is 2.21. The molecule has 0 bridgehead atoms. The predicted octanol–water partition coefficient (Wildman–Crippen LogP) is 2.35. The standard InChI is InChI=1S/C17H24N2O3/c1-13(2)12-22-16-8-4-3-7-15(16)18-11-17(20)19-10-14-6-5-9-21-14/h3-4,7-8,14,18H,1,5-6,9-12H2,2H3,(H,19,20). The third-order valence-corrected chi connectivity index (χ3v) is 3.35. The van der Waals surface area contributed by atoms with Crippen LogP contribution in [0.4, 0.5) is 5.69 Å². The average Bonchev–Trinajstić information content (AvgIpc) is 3.03. The van der Waals surface area contributed by atoms with Crippen molar-refractivity contribution in [3.8, 4) is 5.75 Å². The Balaban J connectivity index is 1.77. The molecule has 1 aromatic rings. The van der Waals surface area contributed by atoms with E-state index in [4.69, 9.17) is 9.47 Å². The van der Waals surface area contributed by atoms with Crippen molar-refractivity contribution in [1.82, 2.24) is 5.32 Å². The molecular formula is C17H24N2O3. The van der Waals surface area contributed by atoms with Crippen LogP contribution in [0.15, 0.2) is 36.4 Å². The number of rotatable bonds is 8. The van der Waals surface area contributed by atoms with Gasteiger partial charge in [0.15, 0.2) is 0 Å². The molecule has 2 rings (SSSR count). The molecule has 1 aliphatic rings. The van der Waals surface area contributed by atoms with Gasteiger partial charge in [-0.15, -0.1) is 0 Å². The molecule has 5 heteroatoms. The second-order valence-corrected chi connectivity index (χ2v) is 5.53. The molecule has 1 heterocycles. The molecule has 5 nitrogen and oxygen atoms in total. The molecule has 0 radical (unpaired) electrons. The molecule has 1 unspecified atom stereocenters. The quantitative estimate of drug-likeness (QED) is 0.724. The lowest BCUT2D eigenvalue weighted by Crippen LogP contribution is -2.35. The van der Waals surface area contributed by atoms with Gasteiger partial charge in [-0.2, -0.15) is 0 Å². The molecule has 0 aliphatic carbocycles. The van der Waals surface area contributed by atoms with Crippen LogP contribution in [-0.2, 0) is 9.53 Å². The fraction of sp³-hybridized carbons (Fsp3) is 0.471. The molecule has 0 spiro atoms. The van der Waals surface area contributed by atoms with Gasteiger partial charge >= 0.3 is 0 Å². The summed E-state index contributed by atoms with van der Waals surface area (Å²) in [6.07, 6.45) is 2.26. The van der Waals surface area contributed by atoms with Gasteiger partial charge in [0, 0.05) is 13.2 Å². The van der Waals surface area contributed by atoms with Crippen molar-refractivity contribution in [2.75, 3.05) is 31.6 Å². The second kappa shape index (κ2) is 8.44. The molecule has 1 saturated heterocycles. The molecular weight excluding hydrogens is 280 g/mol. The molecule has 1 aromatic carbocycles. The number of hydrogen-bond acceptors (Lipinski definition) is 4. The Hall–Kier alpha value is -2.01. The van der Waals surface area contributed by atoms with Crippen LogP contribution in [0.1, 0.15) is 19.8 Å². The minimum absolute atomic E-state index is 0.0507.